The van der Waals surface area contributed by atoms with E-state index >= 15 is 0 Å². The zero-order valence-corrected chi connectivity index (χ0v) is 11.2. The average molecular weight is 296 g/mol. The second kappa shape index (κ2) is 6.16. The maximum atomic E-state index is 10.8. The summed E-state index contributed by atoms with van der Waals surface area (Å²) in [5.74, 6) is 0.463. The van der Waals surface area contributed by atoms with Gasteiger partial charge >= 0.3 is 11.7 Å². The van der Waals surface area contributed by atoms with Crippen molar-refractivity contribution in [2.24, 2.45) is 0 Å². The smallest absolute Gasteiger partial charge is 0.321 e. The van der Waals surface area contributed by atoms with Crippen LogP contribution in [-0.4, -0.2) is 21.5 Å². The Morgan fingerprint density at radius 1 is 1.35 bits per heavy atom. The fourth-order valence-electron chi connectivity index (χ4n) is 1.44. The summed E-state index contributed by atoms with van der Waals surface area (Å²) in [6, 6.07) is 4.25. The van der Waals surface area contributed by atoms with Crippen LogP contribution in [0.25, 0.3) is 0 Å². The van der Waals surface area contributed by atoms with Crippen LogP contribution in [0.15, 0.2) is 30.6 Å². The van der Waals surface area contributed by atoms with Crippen LogP contribution >= 0.6 is 11.6 Å². The molecule has 0 radical (unpaired) electrons. The van der Waals surface area contributed by atoms with Crippen LogP contribution in [0.2, 0.25) is 5.02 Å². The Morgan fingerprint density at radius 3 is 2.65 bits per heavy atom. The lowest BCUT2D eigenvalue weighted by molar-refractivity contribution is -0.385. The van der Waals surface area contributed by atoms with Gasteiger partial charge in [-0.1, -0.05) is 11.6 Å². The predicted octanol–water partition coefficient (Wildman–Crippen LogP) is 3.23. The Labute approximate surface area is 119 Å². The van der Waals surface area contributed by atoms with Gasteiger partial charge in [0.2, 0.25) is 5.75 Å². The zero-order valence-electron chi connectivity index (χ0n) is 10.4. The third-order valence-corrected chi connectivity index (χ3v) is 2.43. The molecule has 0 aliphatic heterocycles. The maximum Gasteiger partial charge on any atom is 0.321 e. The zero-order chi connectivity index (χ0) is 14.5. The van der Waals surface area contributed by atoms with Crippen molar-refractivity contribution in [2.75, 3.05) is 6.61 Å². The molecule has 1 aromatic heterocycles. The summed E-state index contributed by atoms with van der Waals surface area (Å²) in [5, 5.41) is 11.2. The van der Waals surface area contributed by atoms with Crippen molar-refractivity contribution in [2.45, 2.75) is 6.92 Å². The number of rotatable bonds is 5. The van der Waals surface area contributed by atoms with E-state index in [2.05, 4.69) is 9.97 Å². The van der Waals surface area contributed by atoms with Gasteiger partial charge in [-0.3, -0.25) is 10.1 Å². The first-order valence-corrected chi connectivity index (χ1v) is 6.04. The van der Waals surface area contributed by atoms with Crippen LogP contribution < -0.4 is 9.47 Å². The minimum Gasteiger partial charge on any atom is -0.487 e. The van der Waals surface area contributed by atoms with Gasteiger partial charge in [-0.2, -0.15) is 0 Å². The quantitative estimate of drug-likeness (QED) is 0.621. The number of benzene rings is 1. The summed E-state index contributed by atoms with van der Waals surface area (Å²) in [5.41, 5.74) is -0.128. The highest BCUT2D eigenvalue weighted by molar-refractivity contribution is 6.30. The lowest BCUT2D eigenvalue weighted by Gasteiger charge is -2.07. The maximum absolute atomic E-state index is 10.8. The molecule has 104 valence electrons. The molecular weight excluding hydrogens is 286 g/mol. The summed E-state index contributed by atoms with van der Waals surface area (Å²) in [6.07, 6.45) is 2.78. The molecule has 0 unspecified atom stereocenters. The van der Waals surface area contributed by atoms with Crippen molar-refractivity contribution in [1.82, 2.24) is 9.97 Å². The molecule has 1 heterocycles. The van der Waals surface area contributed by atoms with Gasteiger partial charge < -0.3 is 9.47 Å². The lowest BCUT2D eigenvalue weighted by atomic mass is 10.3. The lowest BCUT2D eigenvalue weighted by Crippen LogP contribution is -1.98. The molecule has 20 heavy (non-hydrogen) atoms. The molecule has 0 spiro atoms. The normalized spacial score (nSPS) is 10.1. The first kappa shape index (κ1) is 14.0. The fraction of sp³-hybridized carbons (Fsp3) is 0.167. The summed E-state index contributed by atoms with van der Waals surface area (Å²) in [4.78, 5) is 18.1. The Morgan fingerprint density at radius 2 is 2.05 bits per heavy atom. The first-order chi connectivity index (χ1) is 9.60. The largest absolute Gasteiger partial charge is 0.487 e. The number of hydrogen-bond acceptors (Lipinski definition) is 6. The van der Waals surface area contributed by atoms with Crippen molar-refractivity contribution in [1.29, 1.82) is 0 Å². The Kier molecular flexibility index (Phi) is 4.31. The van der Waals surface area contributed by atoms with Gasteiger partial charge in [-0.05, 0) is 13.0 Å². The molecule has 2 aromatic rings. The molecule has 8 heteroatoms. The molecule has 0 aliphatic carbocycles. The van der Waals surface area contributed by atoms with Gasteiger partial charge in [0, 0.05) is 12.1 Å². The summed E-state index contributed by atoms with van der Waals surface area (Å²) in [6.45, 7) is 2.04. The SMILES string of the molecule is CCOc1cc(Oc2ncc(Cl)cn2)ccc1[N+](=O)[O-]. The van der Waals surface area contributed by atoms with Crippen molar-refractivity contribution in [3.63, 3.8) is 0 Å². The molecule has 0 bridgehead atoms. The van der Waals surface area contributed by atoms with Crippen LogP contribution in [0.4, 0.5) is 5.69 Å². The number of aromatic nitrogens is 2. The average Bonchev–Trinajstić information content (AvgIpc) is 2.42. The summed E-state index contributed by atoms with van der Waals surface area (Å²) < 4.78 is 10.6. The third kappa shape index (κ3) is 3.33. The Balaban J connectivity index is 2.26. The van der Waals surface area contributed by atoms with Gasteiger partial charge in [0.1, 0.15) is 5.75 Å². The molecule has 0 amide bonds. The number of halogens is 1. The number of ether oxygens (including phenoxy) is 2. The van der Waals surface area contributed by atoms with Gasteiger partial charge in [0.15, 0.2) is 0 Å². The molecule has 0 aliphatic rings. The third-order valence-electron chi connectivity index (χ3n) is 2.23. The Hall–Kier alpha value is -2.41. The van der Waals surface area contributed by atoms with Crippen LogP contribution in [0.1, 0.15) is 6.92 Å². The minimum absolute atomic E-state index is 0.0886. The minimum atomic E-state index is -0.520. The second-order valence-corrected chi connectivity index (χ2v) is 4.04. The van der Waals surface area contributed by atoms with E-state index in [1.165, 1.54) is 30.6 Å². The number of nitro benzene ring substituents is 1. The van der Waals surface area contributed by atoms with E-state index in [0.29, 0.717) is 17.4 Å². The fourth-order valence-corrected chi connectivity index (χ4v) is 1.54. The second-order valence-electron chi connectivity index (χ2n) is 3.61. The van der Waals surface area contributed by atoms with E-state index in [9.17, 15) is 10.1 Å². The van der Waals surface area contributed by atoms with Crippen molar-refractivity contribution < 1.29 is 14.4 Å². The predicted molar refractivity (Wildman–Crippen MR) is 71.4 cm³/mol. The molecule has 0 N–H and O–H groups in total. The van der Waals surface area contributed by atoms with E-state index in [-0.39, 0.29) is 17.4 Å². The molecular formula is C12H10ClN3O4. The van der Waals surface area contributed by atoms with E-state index < -0.39 is 4.92 Å². The summed E-state index contributed by atoms with van der Waals surface area (Å²) >= 11 is 5.66. The number of nitro groups is 1. The van der Waals surface area contributed by atoms with E-state index in [0.717, 1.165) is 0 Å². The highest BCUT2D eigenvalue weighted by atomic mass is 35.5. The van der Waals surface area contributed by atoms with E-state index in [4.69, 9.17) is 21.1 Å². The van der Waals surface area contributed by atoms with Crippen LogP contribution in [0.3, 0.4) is 0 Å². The van der Waals surface area contributed by atoms with Crippen molar-refractivity contribution >= 4 is 17.3 Å². The highest BCUT2D eigenvalue weighted by Crippen LogP contribution is 2.32. The van der Waals surface area contributed by atoms with Gasteiger partial charge in [-0.15, -0.1) is 0 Å². The van der Waals surface area contributed by atoms with Gasteiger partial charge in [0.05, 0.1) is 28.9 Å². The van der Waals surface area contributed by atoms with E-state index in [1.807, 2.05) is 0 Å². The van der Waals surface area contributed by atoms with Crippen molar-refractivity contribution in [3.05, 3.63) is 45.7 Å². The molecule has 7 nitrogen and oxygen atoms in total. The van der Waals surface area contributed by atoms with Crippen LogP contribution in [0, 0.1) is 10.1 Å². The van der Waals surface area contributed by atoms with Gasteiger partial charge in [0.25, 0.3) is 0 Å². The molecule has 0 fully saturated rings. The molecule has 1 aromatic carbocycles. The monoisotopic (exact) mass is 295 g/mol. The van der Waals surface area contributed by atoms with Crippen molar-refractivity contribution in [3.8, 4) is 17.5 Å². The van der Waals surface area contributed by atoms with Crippen LogP contribution in [0.5, 0.6) is 17.5 Å². The van der Waals surface area contributed by atoms with Gasteiger partial charge in [-0.25, -0.2) is 9.97 Å². The highest BCUT2D eigenvalue weighted by Gasteiger charge is 2.16. The Bertz CT molecular complexity index is 619. The molecule has 0 atom stereocenters. The van der Waals surface area contributed by atoms with Crippen LogP contribution in [-0.2, 0) is 0 Å². The number of hydrogen-bond donors (Lipinski definition) is 0. The summed E-state index contributed by atoms with van der Waals surface area (Å²) in [7, 11) is 0. The topological polar surface area (TPSA) is 87.4 Å². The van der Waals surface area contributed by atoms with E-state index in [1.54, 1.807) is 6.92 Å². The number of nitrogens with zero attached hydrogens (tertiary/aromatic N) is 3. The first-order valence-electron chi connectivity index (χ1n) is 5.66. The standard InChI is InChI=1S/C12H10ClN3O4/c1-2-19-11-5-9(3-4-10(11)16(17)18)20-12-14-6-8(13)7-15-12/h3-7H,2H2,1H3. The molecule has 0 saturated carbocycles. The molecule has 2 rings (SSSR count). The molecule has 0 saturated heterocycles.